The molecule has 0 bridgehead atoms. The zero-order chi connectivity index (χ0) is 11.4. The van der Waals surface area contributed by atoms with Gasteiger partial charge in [-0.25, -0.2) is 0 Å². The number of hydrogen-bond acceptors (Lipinski definition) is 3. The van der Waals surface area contributed by atoms with E-state index < -0.39 is 0 Å². The molecule has 0 aliphatic carbocycles. The second-order valence-corrected chi connectivity index (χ2v) is 5.78. The van der Waals surface area contributed by atoms with Crippen LogP contribution in [0.3, 0.4) is 0 Å². The first kappa shape index (κ1) is 13.5. The molecule has 0 amide bonds. The summed E-state index contributed by atoms with van der Waals surface area (Å²) in [6.45, 7) is 2.83. The SMILES string of the molecule is C[C@@H](O)CNCc1cc(I)cc(I)c1O. The lowest BCUT2D eigenvalue weighted by Crippen LogP contribution is -2.23. The van der Waals surface area contributed by atoms with Crippen LogP contribution in [0.25, 0.3) is 0 Å². The van der Waals surface area contributed by atoms with E-state index in [-0.39, 0.29) is 6.10 Å². The number of aliphatic hydroxyl groups is 1. The zero-order valence-electron chi connectivity index (χ0n) is 8.30. The minimum Gasteiger partial charge on any atom is -0.507 e. The molecule has 0 spiro atoms. The maximum atomic E-state index is 9.77. The first-order valence-electron chi connectivity index (χ1n) is 4.56. The lowest BCUT2D eigenvalue weighted by atomic mass is 10.2. The highest BCUT2D eigenvalue weighted by atomic mass is 127. The van der Waals surface area contributed by atoms with Crippen LogP contribution in [0.5, 0.6) is 5.75 Å². The molecule has 1 aromatic carbocycles. The molecular formula is C10H13I2NO2. The summed E-state index contributed by atoms with van der Waals surface area (Å²) in [4.78, 5) is 0. The molecule has 1 aromatic rings. The Labute approximate surface area is 117 Å². The number of halogens is 2. The van der Waals surface area contributed by atoms with E-state index in [9.17, 15) is 5.11 Å². The van der Waals surface area contributed by atoms with Crippen LogP contribution >= 0.6 is 45.2 Å². The van der Waals surface area contributed by atoms with E-state index in [0.29, 0.717) is 18.8 Å². The van der Waals surface area contributed by atoms with E-state index in [2.05, 4.69) is 50.5 Å². The minimum atomic E-state index is -0.367. The van der Waals surface area contributed by atoms with Gasteiger partial charge < -0.3 is 15.5 Å². The summed E-state index contributed by atoms with van der Waals surface area (Å²) < 4.78 is 1.96. The smallest absolute Gasteiger partial charge is 0.133 e. The van der Waals surface area contributed by atoms with Crippen LogP contribution in [-0.2, 0) is 6.54 Å². The summed E-state index contributed by atoms with van der Waals surface area (Å²) in [7, 11) is 0. The van der Waals surface area contributed by atoms with Crippen molar-refractivity contribution < 1.29 is 10.2 Å². The molecule has 15 heavy (non-hydrogen) atoms. The lowest BCUT2D eigenvalue weighted by molar-refractivity contribution is 0.191. The number of benzene rings is 1. The van der Waals surface area contributed by atoms with Crippen molar-refractivity contribution in [1.82, 2.24) is 5.32 Å². The average molecular weight is 433 g/mol. The molecule has 0 unspecified atom stereocenters. The van der Waals surface area contributed by atoms with Gasteiger partial charge in [-0.15, -0.1) is 0 Å². The van der Waals surface area contributed by atoms with Gasteiger partial charge in [0, 0.05) is 22.2 Å². The van der Waals surface area contributed by atoms with Crippen LogP contribution in [0.15, 0.2) is 12.1 Å². The largest absolute Gasteiger partial charge is 0.507 e. The molecule has 1 atom stereocenters. The van der Waals surface area contributed by atoms with Crippen molar-refractivity contribution >= 4 is 45.2 Å². The van der Waals surface area contributed by atoms with Gasteiger partial charge in [-0.05, 0) is 64.2 Å². The normalized spacial score (nSPS) is 12.8. The molecule has 3 nitrogen and oxygen atoms in total. The van der Waals surface area contributed by atoms with Crippen molar-refractivity contribution in [3.05, 3.63) is 24.8 Å². The molecule has 1 rings (SSSR count). The van der Waals surface area contributed by atoms with Crippen molar-refractivity contribution in [2.75, 3.05) is 6.54 Å². The first-order chi connectivity index (χ1) is 7.00. The zero-order valence-corrected chi connectivity index (χ0v) is 12.6. The molecule has 0 aliphatic rings. The van der Waals surface area contributed by atoms with E-state index in [1.165, 1.54) is 0 Å². The highest BCUT2D eigenvalue weighted by Gasteiger charge is 2.07. The van der Waals surface area contributed by atoms with Crippen molar-refractivity contribution in [3.8, 4) is 5.75 Å². The second kappa shape index (κ2) is 6.21. The highest BCUT2D eigenvalue weighted by Crippen LogP contribution is 2.26. The fourth-order valence-electron chi connectivity index (χ4n) is 1.17. The van der Waals surface area contributed by atoms with Crippen LogP contribution in [0, 0.1) is 7.14 Å². The third-order valence-electron chi connectivity index (χ3n) is 1.86. The molecule has 0 saturated heterocycles. The maximum absolute atomic E-state index is 9.77. The fourth-order valence-corrected chi connectivity index (χ4v) is 3.13. The summed E-state index contributed by atoms with van der Waals surface area (Å²) in [5, 5.41) is 21.9. The van der Waals surface area contributed by atoms with Gasteiger partial charge in [0.25, 0.3) is 0 Å². The Balaban J connectivity index is 2.68. The molecule has 0 aromatic heterocycles. The van der Waals surface area contributed by atoms with Crippen LogP contribution in [0.2, 0.25) is 0 Å². The molecule has 3 N–H and O–H groups in total. The van der Waals surface area contributed by atoms with Gasteiger partial charge in [0.1, 0.15) is 5.75 Å². The Bertz CT molecular complexity index is 342. The quantitative estimate of drug-likeness (QED) is 0.638. The number of hydrogen-bond donors (Lipinski definition) is 3. The van der Waals surface area contributed by atoms with Gasteiger partial charge in [0.05, 0.1) is 9.67 Å². The fraction of sp³-hybridized carbons (Fsp3) is 0.400. The molecular weight excluding hydrogens is 420 g/mol. The Morgan fingerprint density at radius 1 is 1.40 bits per heavy atom. The third-order valence-corrected chi connectivity index (χ3v) is 3.31. The molecule has 0 aliphatic heterocycles. The number of nitrogens with one attached hydrogen (secondary N) is 1. The predicted molar refractivity (Wildman–Crippen MR) is 76.9 cm³/mol. The Morgan fingerprint density at radius 2 is 2.07 bits per heavy atom. The van der Waals surface area contributed by atoms with Crippen LogP contribution < -0.4 is 5.32 Å². The number of aliphatic hydroxyl groups excluding tert-OH is 1. The molecule has 0 heterocycles. The summed E-state index contributed by atoms with van der Waals surface area (Å²) in [6, 6.07) is 3.86. The monoisotopic (exact) mass is 433 g/mol. The van der Waals surface area contributed by atoms with Gasteiger partial charge in [0.15, 0.2) is 0 Å². The summed E-state index contributed by atoms with van der Waals surface area (Å²) in [5.41, 5.74) is 0.868. The van der Waals surface area contributed by atoms with Gasteiger partial charge in [-0.1, -0.05) is 0 Å². The molecule has 5 heteroatoms. The Hall–Kier alpha value is 0.400. The standard InChI is InChI=1S/C10H13I2NO2/c1-6(14)4-13-5-7-2-8(11)3-9(12)10(7)15/h2-3,6,13-15H,4-5H2,1H3/t6-/m1/s1. The second-order valence-electron chi connectivity index (χ2n) is 3.38. The summed E-state index contributed by atoms with van der Waals surface area (Å²) in [5.74, 6) is 0.328. The Morgan fingerprint density at radius 3 is 2.67 bits per heavy atom. The topological polar surface area (TPSA) is 52.5 Å². The van der Waals surface area contributed by atoms with Crippen molar-refractivity contribution in [3.63, 3.8) is 0 Å². The summed E-state index contributed by atoms with van der Waals surface area (Å²) >= 11 is 4.33. The Kier molecular flexibility index (Phi) is 5.58. The van der Waals surface area contributed by atoms with Crippen molar-refractivity contribution in [2.24, 2.45) is 0 Å². The number of phenolic OH excluding ortho intramolecular Hbond substituents is 1. The van der Waals surface area contributed by atoms with Crippen LogP contribution in [0.4, 0.5) is 0 Å². The lowest BCUT2D eigenvalue weighted by Gasteiger charge is -2.10. The number of rotatable bonds is 4. The number of phenols is 1. The third kappa shape index (κ3) is 4.41. The molecule has 0 radical (unpaired) electrons. The van der Waals surface area contributed by atoms with E-state index in [4.69, 9.17) is 5.11 Å². The number of aromatic hydroxyl groups is 1. The average Bonchev–Trinajstić information content (AvgIpc) is 2.12. The molecule has 84 valence electrons. The summed E-state index contributed by atoms with van der Waals surface area (Å²) in [6.07, 6.45) is -0.367. The first-order valence-corrected chi connectivity index (χ1v) is 6.72. The molecule has 0 saturated carbocycles. The molecule has 0 fully saturated rings. The van der Waals surface area contributed by atoms with E-state index in [1.54, 1.807) is 6.92 Å². The van der Waals surface area contributed by atoms with Gasteiger partial charge in [-0.3, -0.25) is 0 Å². The van der Waals surface area contributed by atoms with Crippen molar-refractivity contribution in [1.29, 1.82) is 0 Å². The minimum absolute atomic E-state index is 0.328. The van der Waals surface area contributed by atoms with Gasteiger partial charge >= 0.3 is 0 Å². The van der Waals surface area contributed by atoms with E-state index in [1.807, 2.05) is 12.1 Å². The van der Waals surface area contributed by atoms with Crippen LogP contribution in [0.1, 0.15) is 12.5 Å². The van der Waals surface area contributed by atoms with Crippen LogP contribution in [-0.4, -0.2) is 22.9 Å². The van der Waals surface area contributed by atoms with Gasteiger partial charge in [-0.2, -0.15) is 0 Å². The van der Waals surface area contributed by atoms with Crippen molar-refractivity contribution in [2.45, 2.75) is 19.6 Å². The predicted octanol–water partition coefficient (Wildman–Crippen LogP) is 2.07. The van der Waals surface area contributed by atoms with Gasteiger partial charge in [0.2, 0.25) is 0 Å². The maximum Gasteiger partial charge on any atom is 0.133 e. The highest BCUT2D eigenvalue weighted by molar-refractivity contribution is 14.1. The van der Waals surface area contributed by atoms with E-state index >= 15 is 0 Å². The van der Waals surface area contributed by atoms with E-state index in [0.717, 1.165) is 12.7 Å².